The van der Waals surface area contributed by atoms with E-state index < -0.39 is 0 Å². The minimum atomic E-state index is -0.192. The van der Waals surface area contributed by atoms with Gasteiger partial charge in [0.05, 0.1) is 31.9 Å². The molecule has 0 aromatic heterocycles. The van der Waals surface area contributed by atoms with E-state index in [9.17, 15) is 4.79 Å². The van der Waals surface area contributed by atoms with Gasteiger partial charge in [0.15, 0.2) is 16.7 Å². The lowest BCUT2D eigenvalue weighted by Gasteiger charge is -2.12. The van der Waals surface area contributed by atoms with E-state index in [0.717, 1.165) is 22.4 Å². The van der Waals surface area contributed by atoms with Crippen LogP contribution in [0.5, 0.6) is 17.2 Å². The van der Waals surface area contributed by atoms with Crippen molar-refractivity contribution in [3.05, 3.63) is 51.9 Å². The summed E-state index contributed by atoms with van der Waals surface area (Å²) in [6, 6.07) is 9.51. The highest BCUT2D eigenvalue weighted by atomic mass is 32.2. The van der Waals surface area contributed by atoms with Gasteiger partial charge >= 0.3 is 0 Å². The number of hydrogen-bond acceptors (Lipinski definition) is 6. The molecule has 3 rings (SSSR count). The van der Waals surface area contributed by atoms with Crippen LogP contribution in [-0.2, 0) is 4.79 Å². The Morgan fingerprint density at radius 1 is 1.04 bits per heavy atom. The molecule has 1 N–H and O–H groups in total. The van der Waals surface area contributed by atoms with E-state index >= 15 is 0 Å². The van der Waals surface area contributed by atoms with E-state index in [1.807, 2.05) is 32.0 Å². The summed E-state index contributed by atoms with van der Waals surface area (Å²) in [4.78, 5) is 17.5. The Morgan fingerprint density at radius 2 is 1.71 bits per heavy atom. The summed E-state index contributed by atoms with van der Waals surface area (Å²) in [6.07, 6.45) is 1.77. The third-order valence-electron chi connectivity index (χ3n) is 4.43. The number of ether oxygens (including phenoxy) is 3. The third-order valence-corrected chi connectivity index (χ3v) is 5.34. The number of aryl methyl sites for hydroxylation is 1. The number of carbonyl (C=O) groups excluding carboxylic acids is 1. The van der Waals surface area contributed by atoms with Crippen molar-refractivity contribution >= 4 is 34.6 Å². The Kier molecular flexibility index (Phi) is 5.94. The highest BCUT2D eigenvalue weighted by molar-refractivity contribution is 8.18. The van der Waals surface area contributed by atoms with Crippen LogP contribution in [0.15, 0.2) is 40.2 Å². The molecule has 2 aromatic carbocycles. The highest BCUT2D eigenvalue weighted by Crippen LogP contribution is 2.39. The molecule has 0 bridgehead atoms. The summed E-state index contributed by atoms with van der Waals surface area (Å²) in [5.41, 5.74) is 3.85. The lowest BCUT2D eigenvalue weighted by molar-refractivity contribution is -0.115. The second-order valence-corrected chi connectivity index (χ2v) is 7.19. The summed E-state index contributed by atoms with van der Waals surface area (Å²) in [7, 11) is 4.66. The average molecular weight is 398 g/mol. The van der Waals surface area contributed by atoms with Crippen LogP contribution in [0.3, 0.4) is 0 Å². The van der Waals surface area contributed by atoms with E-state index in [1.165, 1.54) is 11.8 Å². The Morgan fingerprint density at radius 3 is 2.32 bits per heavy atom. The maximum absolute atomic E-state index is 12.4. The summed E-state index contributed by atoms with van der Waals surface area (Å²) in [6.45, 7) is 4.05. The molecule has 1 aliphatic heterocycles. The number of aliphatic imine (C=N–C) groups is 1. The quantitative estimate of drug-likeness (QED) is 0.764. The maximum Gasteiger partial charge on any atom is 0.264 e. The van der Waals surface area contributed by atoms with Gasteiger partial charge in [-0.25, -0.2) is 4.99 Å². The molecule has 0 unspecified atom stereocenters. The molecule has 0 aliphatic carbocycles. The summed E-state index contributed by atoms with van der Waals surface area (Å²) < 4.78 is 16.1. The standard InChI is InChI=1S/C21H22N2O4S/c1-12-7-6-8-15(13(12)2)22-21-23-20(24)18(28-21)11-14-9-16(25-3)19(27-5)17(10-14)26-4/h6-11H,1-5H3,(H,22,23,24)/b18-11+. The minimum absolute atomic E-state index is 0.192. The van der Waals surface area contributed by atoms with E-state index in [4.69, 9.17) is 14.2 Å². The average Bonchev–Trinajstić information content (AvgIpc) is 3.03. The Labute approximate surface area is 168 Å². The predicted octanol–water partition coefficient (Wildman–Crippen LogP) is 4.22. The summed E-state index contributed by atoms with van der Waals surface area (Å²) in [5.74, 6) is 1.37. The first-order valence-electron chi connectivity index (χ1n) is 8.62. The van der Waals surface area contributed by atoms with Crippen LogP contribution in [0.4, 0.5) is 5.69 Å². The number of amidine groups is 1. The normalized spacial score (nSPS) is 16.4. The van der Waals surface area contributed by atoms with Crippen LogP contribution in [0, 0.1) is 13.8 Å². The molecular weight excluding hydrogens is 376 g/mol. The van der Waals surface area contributed by atoms with Gasteiger partial charge in [-0.2, -0.15) is 0 Å². The molecule has 1 aliphatic rings. The van der Waals surface area contributed by atoms with Gasteiger partial charge in [0, 0.05) is 0 Å². The van der Waals surface area contributed by atoms with Crippen molar-refractivity contribution in [2.24, 2.45) is 4.99 Å². The van der Waals surface area contributed by atoms with E-state index in [1.54, 1.807) is 39.5 Å². The molecule has 1 fully saturated rings. The van der Waals surface area contributed by atoms with Crippen LogP contribution in [0.25, 0.3) is 6.08 Å². The van der Waals surface area contributed by atoms with Gasteiger partial charge in [-0.15, -0.1) is 0 Å². The van der Waals surface area contributed by atoms with E-state index in [2.05, 4.69) is 10.3 Å². The monoisotopic (exact) mass is 398 g/mol. The lowest BCUT2D eigenvalue weighted by atomic mass is 10.1. The van der Waals surface area contributed by atoms with E-state index in [0.29, 0.717) is 27.3 Å². The molecule has 0 radical (unpaired) electrons. The lowest BCUT2D eigenvalue weighted by Crippen LogP contribution is -2.19. The molecule has 1 amide bonds. The second kappa shape index (κ2) is 8.39. The molecular formula is C21H22N2O4S. The Hall–Kier alpha value is -2.93. The zero-order chi connectivity index (χ0) is 20.3. The number of hydrogen-bond donors (Lipinski definition) is 1. The number of rotatable bonds is 5. The van der Waals surface area contributed by atoms with Crippen molar-refractivity contribution in [3.63, 3.8) is 0 Å². The minimum Gasteiger partial charge on any atom is -0.493 e. The molecule has 0 saturated carbocycles. The maximum atomic E-state index is 12.4. The molecule has 28 heavy (non-hydrogen) atoms. The summed E-state index contributed by atoms with van der Waals surface area (Å²) in [5, 5.41) is 3.37. The van der Waals surface area contributed by atoms with Gasteiger partial charge in [0.1, 0.15) is 0 Å². The molecule has 2 aromatic rings. The molecule has 0 spiro atoms. The smallest absolute Gasteiger partial charge is 0.264 e. The summed E-state index contributed by atoms with van der Waals surface area (Å²) >= 11 is 1.30. The van der Waals surface area contributed by atoms with Crippen molar-refractivity contribution in [2.45, 2.75) is 13.8 Å². The third kappa shape index (κ3) is 3.99. The fraction of sp³-hybridized carbons (Fsp3) is 0.238. The fourth-order valence-corrected chi connectivity index (χ4v) is 3.62. The number of methoxy groups -OCH3 is 3. The number of carbonyl (C=O) groups is 1. The topological polar surface area (TPSA) is 69.2 Å². The van der Waals surface area contributed by atoms with Crippen molar-refractivity contribution in [1.82, 2.24) is 5.32 Å². The zero-order valence-corrected chi connectivity index (χ0v) is 17.3. The molecule has 7 heteroatoms. The number of nitrogens with zero attached hydrogens (tertiary/aromatic N) is 1. The number of amides is 1. The SMILES string of the molecule is COc1cc(/C=C2/SC(=Nc3cccc(C)c3C)NC2=O)cc(OC)c1OC. The van der Waals surface area contributed by atoms with Gasteiger partial charge in [-0.3, -0.25) is 4.79 Å². The van der Waals surface area contributed by atoms with Crippen LogP contribution in [0.1, 0.15) is 16.7 Å². The second-order valence-electron chi connectivity index (χ2n) is 6.16. The predicted molar refractivity (Wildman–Crippen MR) is 113 cm³/mol. The zero-order valence-electron chi connectivity index (χ0n) is 16.5. The van der Waals surface area contributed by atoms with Gasteiger partial charge < -0.3 is 19.5 Å². The first kappa shape index (κ1) is 19.8. The molecule has 1 heterocycles. The van der Waals surface area contributed by atoms with E-state index in [-0.39, 0.29) is 5.91 Å². The van der Waals surface area contributed by atoms with Gasteiger partial charge in [0.2, 0.25) is 5.75 Å². The first-order valence-corrected chi connectivity index (χ1v) is 9.44. The molecule has 146 valence electrons. The van der Waals surface area contributed by atoms with Crippen LogP contribution in [0.2, 0.25) is 0 Å². The van der Waals surface area contributed by atoms with Gasteiger partial charge in [-0.1, -0.05) is 12.1 Å². The molecule has 1 saturated heterocycles. The van der Waals surface area contributed by atoms with Crippen molar-refractivity contribution in [1.29, 1.82) is 0 Å². The molecule has 6 nitrogen and oxygen atoms in total. The van der Waals surface area contributed by atoms with Crippen LogP contribution >= 0.6 is 11.8 Å². The van der Waals surface area contributed by atoms with Crippen LogP contribution < -0.4 is 19.5 Å². The number of nitrogens with one attached hydrogen (secondary N) is 1. The van der Waals surface area contributed by atoms with Gasteiger partial charge in [0.25, 0.3) is 5.91 Å². The highest BCUT2D eigenvalue weighted by Gasteiger charge is 2.24. The largest absolute Gasteiger partial charge is 0.493 e. The van der Waals surface area contributed by atoms with Crippen LogP contribution in [-0.4, -0.2) is 32.4 Å². The Balaban J connectivity index is 1.93. The first-order chi connectivity index (χ1) is 13.5. The fourth-order valence-electron chi connectivity index (χ4n) is 2.78. The van der Waals surface area contributed by atoms with Crippen molar-refractivity contribution < 1.29 is 19.0 Å². The van der Waals surface area contributed by atoms with Crippen molar-refractivity contribution in [2.75, 3.05) is 21.3 Å². The molecule has 0 atom stereocenters. The van der Waals surface area contributed by atoms with Gasteiger partial charge in [-0.05, 0) is 66.6 Å². The van der Waals surface area contributed by atoms with Crippen molar-refractivity contribution in [3.8, 4) is 17.2 Å². The number of thioether (sulfide) groups is 1. The number of benzene rings is 2. The Bertz CT molecular complexity index is 957.